The van der Waals surface area contributed by atoms with Gasteiger partial charge in [0.25, 0.3) is 5.56 Å². The number of fused-ring (bicyclic) bond motifs is 1. The fourth-order valence-electron chi connectivity index (χ4n) is 3.70. The van der Waals surface area contributed by atoms with Crippen molar-refractivity contribution in [1.29, 1.82) is 0 Å². The predicted octanol–water partition coefficient (Wildman–Crippen LogP) is 3.17. The summed E-state index contributed by atoms with van der Waals surface area (Å²) in [5.74, 6) is -0.211. The highest BCUT2D eigenvalue weighted by molar-refractivity contribution is 7.07. The van der Waals surface area contributed by atoms with Gasteiger partial charge in [-0.3, -0.25) is 9.36 Å². The van der Waals surface area contributed by atoms with Gasteiger partial charge in [0.2, 0.25) is 0 Å². The van der Waals surface area contributed by atoms with E-state index in [1.165, 1.54) is 29.1 Å². The maximum absolute atomic E-state index is 13.5. The van der Waals surface area contributed by atoms with Crippen molar-refractivity contribution in [1.82, 2.24) is 4.57 Å². The lowest BCUT2D eigenvalue weighted by atomic mass is 9.96. The molecule has 1 aliphatic heterocycles. The topological polar surface area (TPSA) is 90.1 Å². The van der Waals surface area contributed by atoms with Gasteiger partial charge in [0.1, 0.15) is 0 Å². The van der Waals surface area contributed by atoms with Gasteiger partial charge in [-0.2, -0.15) is 0 Å². The van der Waals surface area contributed by atoms with E-state index in [1.807, 2.05) is 0 Å². The van der Waals surface area contributed by atoms with Crippen LogP contribution in [0.25, 0.3) is 6.08 Å². The summed E-state index contributed by atoms with van der Waals surface area (Å²) in [5, 5.41) is 10.6. The highest BCUT2D eigenvalue weighted by Crippen LogP contribution is 2.31. The smallest absolute Gasteiger partial charge is 0.338 e. The average Bonchev–Trinajstić information content (AvgIpc) is 3.08. The third kappa shape index (κ3) is 4.31. The van der Waals surface area contributed by atoms with E-state index < -0.39 is 12.0 Å². The molecule has 0 saturated heterocycles. The normalized spacial score (nSPS) is 15.8. The summed E-state index contributed by atoms with van der Waals surface area (Å²) in [6, 6.07) is 11.2. The number of hydrogen-bond donors (Lipinski definition) is 1. The third-order valence-corrected chi connectivity index (χ3v) is 6.44. The molecule has 9 heteroatoms. The molecule has 0 unspecified atom stereocenters. The van der Waals surface area contributed by atoms with E-state index in [-0.39, 0.29) is 17.9 Å². The Kier molecular flexibility index (Phi) is 6.40. The first kappa shape index (κ1) is 22.8. The third-order valence-electron chi connectivity index (χ3n) is 5.20. The highest BCUT2D eigenvalue weighted by Gasteiger charge is 2.33. The average molecular weight is 485 g/mol. The van der Waals surface area contributed by atoms with Gasteiger partial charge in [-0.25, -0.2) is 9.79 Å². The van der Waals surface area contributed by atoms with E-state index in [0.29, 0.717) is 42.5 Å². The van der Waals surface area contributed by atoms with E-state index >= 15 is 0 Å². The summed E-state index contributed by atoms with van der Waals surface area (Å²) in [4.78, 5) is 31.4. The van der Waals surface area contributed by atoms with Crippen LogP contribution in [-0.2, 0) is 9.53 Å². The van der Waals surface area contributed by atoms with E-state index in [4.69, 9.17) is 21.1 Å². The van der Waals surface area contributed by atoms with Crippen LogP contribution >= 0.6 is 22.9 Å². The van der Waals surface area contributed by atoms with Gasteiger partial charge in [-0.1, -0.05) is 41.1 Å². The standard InChI is InChI=1S/C24H21ClN2O5S/c1-4-32-23(30)20-13(2)26-24-27(21(20)15-6-8-16(25)9-7-15)22(29)19(33-24)12-14-5-10-18(31-3)17(28)11-14/h5-12,21,28H,4H2,1-3H3/b19-12-/t21-/m0/s1. The van der Waals surface area contributed by atoms with E-state index in [1.54, 1.807) is 56.3 Å². The van der Waals surface area contributed by atoms with Crippen LogP contribution in [0.2, 0.25) is 5.02 Å². The van der Waals surface area contributed by atoms with E-state index in [9.17, 15) is 14.7 Å². The van der Waals surface area contributed by atoms with Gasteiger partial charge >= 0.3 is 5.97 Å². The Labute approximate surface area is 198 Å². The molecule has 1 N–H and O–H groups in total. The Bertz CT molecular complexity index is 1440. The SMILES string of the molecule is CCOC(=O)C1=C(C)N=c2s/c(=C\c3ccc(OC)c(O)c3)c(=O)n2[C@H]1c1ccc(Cl)cc1. The Morgan fingerprint density at radius 3 is 2.64 bits per heavy atom. The molecular formula is C24H21ClN2O5S. The van der Waals surface area contributed by atoms with Crippen LogP contribution in [0.1, 0.15) is 31.0 Å². The number of methoxy groups -OCH3 is 1. The van der Waals surface area contributed by atoms with E-state index in [0.717, 1.165) is 0 Å². The minimum atomic E-state index is -0.705. The molecule has 1 aromatic heterocycles. The number of carbonyl (C=O) groups excluding carboxylic acids is 1. The monoisotopic (exact) mass is 484 g/mol. The molecule has 7 nitrogen and oxygen atoms in total. The lowest BCUT2D eigenvalue weighted by Crippen LogP contribution is -2.39. The van der Waals surface area contributed by atoms with Crippen LogP contribution < -0.4 is 19.6 Å². The minimum Gasteiger partial charge on any atom is -0.504 e. The Morgan fingerprint density at radius 2 is 2.00 bits per heavy atom. The number of hydrogen-bond acceptors (Lipinski definition) is 7. The molecule has 33 heavy (non-hydrogen) atoms. The number of allylic oxidation sites excluding steroid dienone is 1. The van der Waals surface area contributed by atoms with Gasteiger partial charge in [0.05, 0.1) is 35.6 Å². The number of thiazole rings is 1. The Morgan fingerprint density at radius 1 is 1.27 bits per heavy atom. The molecule has 0 fully saturated rings. The second-order valence-electron chi connectivity index (χ2n) is 7.29. The highest BCUT2D eigenvalue weighted by atomic mass is 35.5. The number of halogens is 1. The Balaban J connectivity index is 1.93. The van der Waals surface area contributed by atoms with E-state index in [2.05, 4.69) is 4.99 Å². The summed E-state index contributed by atoms with van der Waals surface area (Å²) >= 11 is 7.27. The van der Waals surface area contributed by atoms with Crippen LogP contribution in [0, 0.1) is 0 Å². The maximum Gasteiger partial charge on any atom is 0.338 e. The maximum atomic E-state index is 13.5. The zero-order valence-corrected chi connectivity index (χ0v) is 19.7. The van der Waals surface area contributed by atoms with Gasteiger partial charge in [0.15, 0.2) is 16.3 Å². The van der Waals surface area contributed by atoms with Gasteiger partial charge < -0.3 is 14.6 Å². The van der Waals surface area contributed by atoms with Crippen molar-refractivity contribution in [2.45, 2.75) is 19.9 Å². The molecule has 4 rings (SSSR count). The molecule has 2 heterocycles. The summed E-state index contributed by atoms with van der Waals surface area (Å²) in [7, 11) is 1.47. The molecular weight excluding hydrogens is 464 g/mol. The number of nitrogens with zero attached hydrogens (tertiary/aromatic N) is 2. The molecule has 0 bridgehead atoms. The number of ether oxygens (including phenoxy) is 2. The summed E-state index contributed by atoms with van der Waals surface area (Å²) in [6.45, 7) is 3.66. The predicted molar refractivity (Wildman–Crippen MR) is 127 cm³/mol. The largest absolute Gasteiger partial charge is 0.504 e. The first-order valence-corrected chi connectivity index (χ1v) is 11.4. The molecule has 0 radical (unpaired) electrons. The number of aromatic hydroxyl groups is 1. The molecule has 170 valence electrons. The van der Waals surface area contributed by atoms with Gasteiger partial charge in [0, 0.05) is 5.02 Å². The number of esters is 1. The van der Waals surface area contributed by atoms with Gasteiger partial charge in [-0.05, 0) is 55.3 Å². The Hall–Kier alpha value is -3.36. The molecule has 0 spiro atoms. The summed E-state index contributed by atoms with van der Waals surface area (Å²) < 4.78 is 12.3. The van der Waals surface area contributed by atoms with Crippen LogP contribution in [0.15, 0.2) is 63.5 Å². The summed E-state index contributed by atoms with van der Waals surface area (Å²) in [6.07, 6.45) is 1.67. The molecule has 0 amide bonds. The van der Waals surface area contributed by atoms with Crippen LogP contribution in [0.3, 0.4) is 0 Å². The second-order valence-corrected chi connectivity index (χ2v) is 8.73. The number of aromatic nitrogens is 1. The van der Waals surface area contributed by atoms with Crippen LogP contribution in [0.5, 0.6) is 11.5 Å². The van der Waals surface area contributed by atoms with Crippen molar-refractivity contribution in [3.8, 4) is 11.5 Å². The van der Waals surface area contributed by atoms with Gasteiger partial charge in [-0.15, -0.1) is 0 Å². The van der Waals surface area contributed by atoms with Crippen molar-refractivity contribution in [2.24, 2.45) is 4.99 Å². The first-order chi connectivity index (χ1) is 15.8. The number of benzene rings is 2. The zero-order valence-electron chi connectivity index (χ0n) is 18.2. The number of carbonyl (C=O) groups is 1. The number of phenolic OH excluding ortho intramolecular Hbond substituents is 1. The van der Waals surface area contributed by atoms with Crippen molar-refractivity contribution in [3.05, 3.63) is 89.6 Å². The van der Waals surface area contributed by atoms with Crippen molar-refractivity contribution in [2.75, 3.05) is 13.7 Å². The van der Waals surface area contributed by atoms with Crippen LogP contribution in [-0.4, -0.2) is 29.4 Å². The minimum absolute atomic E-state index is 0.0292. The molecule has 1 aliphatic rings. The van der Waals surface area contributed by atoms with Crippen molar-refractivity contribution in [3.63, 3.8) is 0 Å². The number of phenols is 1. The molecule has 1 atom stereocenters. The molecule has 0 aliphatic carbocycles. The molecule has 3 aromatic rings. The fraction of sp³-hybridized carbons (Fsp3) is 0.208. The number of rotatable bonds is 5. The first-order valence-electron chi connectivity index (χ1n) is 10.2. The fourth-order valence-corrected chi connectivity index (χ4v) is 4.87. The lowest BCUT2D eigenvalue weighted by Gasteiger charge is -2.24. The second kappa shape index (κ2) is 9.25. The quantitative estimate of drug-likeness (QED) is 0.562. The zero-order chi connectivity index (χ0) is 23.7. The lowest BCUT2D eigenvalue weighted by molar-refractivity contribution is -0.139. The molecule has 2 aromatic carbocycles. The van der Waals surface area contributed by atoms with Crippen LogP contribution in [0.4, 0.5) is 0 Å². The van der Waals surface area contributed by atoms with Crippen molar-refractivity contribution < 1.29 is 19.4 Å². The van der Waals surface area contributed by atoms with Crippen molar-refractivity contribution >= 4 is 35.0 Å². The molecule has 0 saturated carbocycles. The summed E-state index contributed by atoms with van der Waals surface area (Å²) in [5.41, 5.74) is 1.83.